The fraction of sp³-hybridized carbons (Fsp3) is 0.125. The number of methoxy groups -OCH3 is 2. The summed E-state index contributed by atoms with van der Waals surface area (Å²) in [6.45, 7) is 0. The van der Waals surface area contributed by atoms with Gasteiger partial charge in [0.2, 0.25) is 0 Å². The molecule has 1 N–H and O–H groups in total. The summed E-state index contributed by atoms with van der Waals surface area (Å²) in [6, 6.07) is 9.38. The number of rotatable bonds is 6. The topological polar surface area (TPSA) is 103 Å². The van der Waals surface area contributed by atoms with Crippen LogP contribution in [-0.4, -0.2) is 31.3 Å². The first kappa shape index (κ1) is 18.4. The van der Waals surface area contributed by atoms with E-state index in [1.807, 2.05) is 0 Å². The minimum atomic E-state index is -0.570. The molecule has 130 valence electrons. The van der Waals surface area contributed by atoms with E-state index in [1.165, 1.54) is 32.6 Å². The smallest absolute Gasteiger partial charge is 0.282 e. The molecule has 0 aliphatic rings. The second-order valence-corrected chi connectivity index (χ2v) is 5.65. The Kier molecular flexibility index (Phi) is 6.07. The summed E-state index contributed by atoms with van der Waals surface area (Å²) in [6.07, 6.45) is 1.18. The molecule has 0 unspecified atom stereocenters. The SMILES string of the molecule is COc1cc(C=NNC(=O)c2cccc(Br)c2)c([N+](=O)[O-])cc1OC. The number of hydrogen-bond donors (Lipinski definition) is 1. The van der Waals surface area contributed by atoms with Crippen molar-refractivity contribution in [1.82, 2.24) is 5.43 Å². The largest absolute Gasteiger partial charge is 0.493 e. The Balaban J connectivity index is 2.25. The molecule has 0 saturated heterocycles. The molecule has 0 spiro atoms. The fourth-order valence-corrected chi connectivity index (χ4v) is 2.40. The molecule has 0 atom stereocenters. The quantitative estimate of drug-likeness (QED) is 0.450. The van der Waals surface area contributed by atoms with E-state index in [9.17, 15) is 14.9 Å². The number of carbonyl (C=O) groups is 1. The minimum absolute atomic E-state index is 0.164. The lowest BCUT2D eigenvalue weighted by atomic mass is 10.1. The number of carbonyl (C=O) groups excluding carboxylic acids is 1. The second kappa shape index (κ2) is 8.25. The Morgan fingerprint density at radius 1 is 1.24 bits per heavy atom. The maximum Gasteiger partial charge on any atom is 0.282 e. The highest BCUT2D eigenvalue weighted by molar-refractivity contribution is 9.10. The molecule has 2 aromatic rings. The second-order valence-electron chi connectivity index (χ2n) is 4.73. The Morgan fingerprint density at radius 2 is 1.92 bits per heavy atom. The van der Waals surface area contributed by atoms with Gasteiger partial charge in [-0.3, -0.25) is 14.9 Å². The number of amides is 1. The van der Waals surface area contributed by atoms with Crippen molar-refractivity contribution in [3.05, 3.63) is 62.1 Å². The first-order valence-corrected chi connectivity index (χ1v) is 7.75. The van der Waals surface area contributed by atoms with E-state index in [-0.39, 0.29) is 17.0 Å². The normalized spacial score (nSPS) is 10.5. The third kappa shape index (κ3) is 4.54. The Labute approximate surface area is 151 Å². The maximum absolute atomic E-state index is 12.0. The van der Waals surface area contributed by atoms with Crippen LogP contribution in [0.25, 0.3) is 0 Å². The molecular weight excluding hydrogens is 394 g/mol. The molecule has 0 fully saturated rings. The Hall–Kier alpha value is -2.94. The number of benzene rings is 2. The Morgan fingerprint density at radius 3 is 2.52 bits per heavy atom. The summed E-state index contributed by atoms with van der Waals surface area (Å²) >= 11 is 3.27. The molecule has 9 heteroatoms. The summed E-state index contributed by atoms with van der Waals surface area (Å²) in [5, 5.41) is 15.0. The van der Waals surface area contributed by atoms with Crippen LogP contribution in [0.15, 0.2) is 46.0 Å². The van der Waals surface area contributed by atoms with Crippen LogP contribution in [0.2, 0.25) is 0 Å². The molecule has 0 heterocycles. The lowest BCUT2D eigenvalue weighted by molar-refractivity contribution is -0.385. The van der Waals surface area contributed by atoms with E-state index >= 15 is 0 Å². The van der Waals surface area contributed by atoms with Gasteiger partial charge in [0.05, 0.1) is 37.0 Å². The molecule has 0 aromatic heterocycles. The number of nitro benzene ring substituents is 1. The number of hydrogen-bond acceptors (Lipinski definition) is 6. The number of nitrogens with one attached hydrogen (secondary N) is 1. The molecule has 0 bridgehead atoms. The number of hydrazone groups is 1. The fourth-order valence-electron chi connectivity index (χ4n) is 2.00. The molecule has 1 amide bonds. The van der Waals surface area contributed by atoms with Gasteiger partial charge in [-0.05, 0) is 24.3 Å². The van der Waals surface area contributed by atoms with Crippen molar-refractivity contribution in [2.45, 2.75) is 0 Å². The Bertz CT molecular complexity index is 839. The van der Waals surface area contributed by atoms with Gasteiger partial charge >= 0.3 is 0 Å². The predicted octanol–water partition coefficient (Wildman–Crippen LogP) is 3.14. The molecule has 0 aliphatic heterocycles. The van der Waals surface area contributed by atoms with Gasteiger partial charge in [-0.15, -0.1) is 0 Å². The molecule has 0 aliphatic carbocycles. The summed E-state index contributed by atoms with van der Waals surface area (Å²) in [4.78, 5) is 22.6. The van der Waals surface area contributed by atoms with Crippen molar-refractivity contribution in [1.29, 1.82) is 0 Å². The van der Waals surface area contributed by atoms with Crippen LogP contribution in [0, 0.1) is 10.1 Å². The molecule has 8 nitrogen and oxygen atoms in total. The van der Waals surface area contributed by atoms with Crippen LogP contribution in [0.5, 0.6) is 11.5 Å². The number of nitrogens with zero attached hydrogens (tertiary/aromatic N) is 2. The summed E-state index contributed by atoms with van der Waals surface area (Å²) in [7, 11) is 2.80. The van der Waals surface area contributed by atoms with Crippen LogP contribution in [0.4, 0.5) is 5.69 Å². The van der Waals surface area contributed by atoms with Crippen LogP contribution in [0.3, 0.4) is 0 Å². The number of nitro groups is 1. The van der Waals surface area contributed by atoms with Crippen molar-refractivity contribution in [2.24, 2.45) is 5.10 Å². The van der Waals surface area contributed by atoms with Crippen LogP contribution in [0.1, 0.15) is 15.9 Å². The highest BCUT2D eigenvalue weighted by atomic mass is 79.9. The molecule has 2 aromatic carbocycles. The van der Waals surface area contributed by atoms with Gasteiger partial charge in [0.15, 0.2) is 11.5 Å². The van der Waals surface area contributed by atoms with Crippen molar-refractivity contribution in [3.63, 3.8) is 0 Å². The lowest BCUT2D eigenvalue weighted by Gasteiger charge is -2.08. The molecule has 0 saturated carbocycles. The van der Waals surface area contributed by atoms with E-state index in [2.05, 4.69) is 26.5 Å². The van der Waals surface area contributed by atoms with Crippen molar-refractivity contribution in [3.8, 4) is 11.5 Å². The van der Waals surface area contributed by atoms with E-state index in [0.717, 1.165) is 4.47 Å². The van der Waals surface area contributed by atoms with Crippen molar-refractivity contribution < 1.29 is 19.2 Å². The first-order valence-electron chi connectivity index (χ1n) is 6.95. The van der Waals surface area contributed by atoms with E-state index in [4.69, 9.17) is 9.47 Å². The van der Waals surface area contributed by atoms with Crippen LogP contribution in [-0.2, 0) is 0 Å². The van der Waals surface area contributed by atoms with Gasteiger partial charge < -0.3 is 9.47 Å². The highest BCUT2D eigenvalue weighted by Crippen LogP contribution is 2.33. The summed E-state index contributed by atoms with van der Waals surface area (Å²) < 4.78 is 10.9. The van der Waals surface area contributed by atoms with Gasteiger partial charge in [-0.1, -0.05) is 22.0 Å². The third-order valence-corrected chi connectivity index (χ3v) is 3.68. The molecule has 2 rings (SSSR count). The van der Waals surface area contributed by atoms with Gasteiger partial charge in [-0.2, -0.15) is 5.10 Å². The average molecular weight is 408 g/mol. The van der Waals surface area contributed by atoms with Crippen molar-refractivity contribution >= 4 is 33.7 Å². The monoisotopic (exact) mass is 407 g/mol. The van der Waals surface area contributed by atoms with E-state index in [0.29, 0.717) is 11.3 Å². The minimum Gasteiger partial charge on any atom is -0.493 e. The lowest BCUT2D eigenvalue weighted by Crippen LogP contribution is -2.17. The van der Waals surface area contributed by atoms with Gasteiger partial charge in [0.25, 0.3) is 11.6 Å². The maximum atomic E-state index is 12.0. The summed E-state index contributed by atoms with van der Waals surface area (Å²) in [5.74, 6) is 0.0954. The van der Waals surface area contributed by atoms with Crippen molar-refractivity contribution in [2.75, 3.05) is 14.2 Å². The highest BCUT2D eigenvalue weighted by Gasteiger charge is 2.18. The van der Waals surface area contributed by atoms with Gasteiger partial charge in [-0.25, -0.2) is 5.43 Å². The average Bonchev–Trinajstić information content (AvgIpc) is 2.60. The number of halogens is 1. The zero-order valence-electron chi connectivity index (χ0n) is 13.4. The summed E-state index contributed by atoms with van der Waals surface area (Å²) in [5.41, 5.74) is 2.66. The third-order valence-electron chi connectivity index (χ3n) is 3.19. The van der Waals surface area contributed by atoms with Crippen LogP contribution < -0.4 is 14.9 Å². The van der Waals surface area contributed by atoms with Crippen LogP contribution >= 0.6 is 15.9 Å². The molecular formula is C16H14BrN3O5. The van der Waals surface area contributed by atoms with Gasteiger partial charge in [0.1, 0.15) is 0 Å². The zero-order valence-corrected chi connectivity index (χ0v) is 14.9. The first-order chi connectivity index (χ1) is 12.0. The molecule has 25 heavy (non-hydrogen) atoms. The molecule has 0 radical (unpaired) electrons. The van der Waals surface area contributed by atoms with E-state index < -0.39 is 10.8 Å². The van der Waals surface area contributed by atoms with E-state index in [1.54, 1.807) is 24.3 Å². The van der Waals surface area contributed by atoms with Gasteiger partial charge in [0, 0.05) is 10.0 Å². The zero-order chi connectivity index (χ0) is 18.4. The number of ether oxygens (including phenoxy) is 2. The predicted molar refractivity (Wildman–Crippen MR) is 95.4 cm³/mol. The standard InChI is InChI=1S/C16H14BrN3O5/c1-24-14-7-11(13(20(22)23)8-15(14)25-2)9-18-19-16(21)10-4-3-5-12(17)6-10/h3-9H,1-2H3,(H,19,21).